The summed E-state index contributed by atoms with van der Waals surface area (Å²) in [5.41, 5.74) is -0.789. The highest BCUT2D eigenvalue weighted by atomic mass is 16.7. The normalized spacial score (nSPS) is 52.0. The highest BCUT2D eigenvalue weighted by Gasteiger charge is 2.73. The predicted octanol–water partition coefficient (Wildman–Crippen LogP) is 0.338. The van der Waals surface area contributed by atoms with Crippen LogP contribution in [0.1, 0.15) is 20.3 Å². The number of aliphatic hydroxyl groups excluding tert-OH is 1. The quantitative estimate of drug-likeness (QED) is 0.689. The molecule has 0 aromatic rings. The maximum absolute atomic E-state index is 13.1. The number of hydrogen-bond acceptors (Lipinski definition) is 6. The van der Waals surface area contributed by atoms with Crippen molar-refractivity contribution in [2.24, 2.45) is 22.7 Å². The van der Waals surface area contributed by atoms with Gasteiger partial charge in [0, 0.05) is 11.8 Å². The van der Waals surface area contributed by atoms with E-state index in [4.69, 9.17) is 9.47 Å². The third kappa shape index (κ3) is 1.31. The number of aliphatic hydroxyl groups is 1. The van der Waals surface area contributed by atoms with Gasteiger partial charge in [0.15, 0.2) is 17.3 Å². The van der Waals surface area contributed by atoms with Crippen LogP contribution < -0.4 is 0 Å². The Balaban J connectivity index is 1.80. The Morgan fingerprint density at radius 3 is 2.71 bits per heavy atom. The zero-order valence-electron chi connectivity index (χ0n) is 13.4. The lowest BCUT2D eigenvalue weighted by Crippen LogP contribution is -2.74. The lowest BCUT2D eigenvalue weighted by molar-refractivity contribution is -0.302. The number of fused-ring (bicyclic) bond motifs is 4. The molecule has 2 saturated heterocycles. The van der Waals surface area contributed by atoms with Crippen LogP contribution in [0.25, 0.3) is 0 Å². The zero-order valence-corrected chi connectivity index (χ0v) is 13.4. The summed E-state index contributed by atoms with van der Waals surface area (Å²) < 4.78 is 11.2. The summed E-state index contributed by atoms with van der Waals surface area (Å²) in [7, 11) is 0. The molecule has 1 spiro atoms. The molecule has 3 bridgehead atoms. The zero-order chi connectivity index (χ0) is 17.0. The van der Waals surface area contributed by atoms with Gasteiger partial charge in [-0.1, -0.05) is 0 Å². The summed E-state index contributed by atoms with van der Waals surface area (Å²) in [6.07, 6.45) is 0.773. The molecule has 6 heteroatoms. The van der Waals surface area contributed by atoms with Gasteiger partial charge in [0.05, 0.1) is 29.6 Å². The molecular weight excluding hydrogens is 312 g/mol. The number of carbonyl (C=O) groups is 3. The van der Waals surface area contributed by atoms with E-state index in [9.17, 15) is 19.5 Å². The van der Waals surface area contributed by atoms with Crippen molar-refractivity contribution < 1.29 is 29.0 Å². The number of Topliss-reactive ketones (excluding diaryl/α,β-unsaturated/α-hetero) is 1. The van der Waals surface area contributed by atoms with E-state index in [0.717, 1.165) is 5.57 Å². The Bertz CT molecular complexity index is 778. The number of carbonyl (C=O) groups excluding carboxylic acids is 3. The lowest BCUT2D eigenvalue weighted by Gasteiger charge is -2.62. The van der Waals surface area contributed by atoms with Crippen LogP contribution in [-0.2, 0) is 23.9 Å². The lowest BCUT2D eigenvalue weighted by atomic mass is 9.44. The first-order chi connectivity index (χ1) is 11.3. The molecule has 1 N–H and O–H groups in total. The standard InChI is InChI=1S/C18H18O6/c1-7-3-11(19)17(2)8(7)5-12(20)18-6-23-16-13(21)9(18)4-10(24-16)14(22)15(17)18/h3,5,9-10,14-16,22H,4,6H2,1-2H3. The largest absolute Gasteiger partial charge is 0.390 e. The van der Waals surface area contributed by atoms with Crippen molar-refractivity contribution in [3.8, 4) is 0 Å². The molecule has 0 radical (unpaired) electrons. The van der Waals surface area contributed by atoms with E-state index < -0.39 is 41.2 Å². The molecule has 3 fully saturated rings. The van der Waals surface area contributed by atoms with Crippen LogP contribution in [0.2, 0.25) is 0 Å². The highest BCUT2D eigenvalue weighted by Crippen LogP contribution is 2.64. The van der Waals surface area contributed by atoms with Crippen molar-refractivity contribution in [3.05, 3.63) is 23.3 Å². The van der Waals surface area contributed by atoms with Crippen molar-refractivity contribution in [2.75, 3.05) is 6.61 Å². The molecule has 126 valence electrons. The molecule has 0 aromatic carbocycles. The van der Waals surface area contributed by atoms with Crippen molar-refractivity contribution >= 4 is 17.3 Å². The molecule has 2 heterocycles. The Hall–Kier alpha value is -1.63. The van der Waals surface area contributed by atoms with Gasteiger partial charge in [-0.2, -0.15) is 0 Å². The third-order valence-corrected chi connectivity index (χ3v) is 6.91. The van der Waals surface area contributed by atoms with Gasteiger partial charge < -0.3 is 14.6 Å². The second kappa shape index (κ2) is 4.12. The Kier molecular flexibility index (Phi) is 2.52. The molecule has 2 aliphatic heterocycles. The van der Waals surface area contributed by atoms with Gasteiger partial charge in [0.1, 0.15) is 0 Å². The molecule has 5 rings (SSSR count). The Morgan fingerprint density at radius 2 is 1.96 bits per heavy atom. The minimum atomic E-state index is -1.17. The topological polar surface area (TPSA) is 89.9 Å². The summed E-state index contributed by atoms with van der Waals surface area (Å²) in [5, 5.41) is 11.0. The molecule has 0 aromatic heterocycles. The fourth-order valence-corrected chi connectivity index (χ4v) is 5.81. The van der Waals surface area contributed by atoms with Crippen molar-refractivity contribution in [1.29, 1.82) is 0 Å². The first kappa shape index (κ1) is 14.7. The number of hydrogen-bond donors (Lipinski definition) is 1. The average Bonchev–Trinajstić information content (AvgIpc) is 2.73. The second-order valence-electron chi connectivity index (χ2n) is 7.83. The van der Waals surface area contributed by atoms with Gasteiger partial charge in [-0.25, -0.2) is 0 Å². The number of allylic oxidation sites excluding steroid dienone is 4. The van der Waals surface area contributed by atoms with Crippen LogP contribution in [0, 0.1) is 22.7 Å². The van der Waals surface area contributed by atoms with Crippen molar-refractivity contribution in [2.45, 2.75) is 38.8 Å². The van der Waals surface area contributed by atoms with Crippen LogP contribution in [0.4, 0.5) is 0 Å². The summed E-state index contributed by atoms with van der Waals surface area (Å²) in [4.78, 5) is 38.6. The smallest absolute Gasteiger partial charge is 0.218 e. The molecular formula is C18H18O6. The molecule has 7 atom stereocenters. The van der Waals surface area contributed by atoms with E-state index in [1.807, 2.05) is 0 Å². The minimum absolute atomic E-state index is 0.00699. The van der Waals surface area contributed by atoms with E-state index in [0.29, 0.717) is 12.0 Å². The van der Waals surface area contributed by atoms with Crippen LogP contribution >= 0.6 is 0 Å². The van der Waals surface area contributed by atoms with Gasteiger partial charge in [-0.05, 0) is 43.6 Å². The van der Waals surface area contributed by atoms with Crippen LogP contribution in [0.15, 0.2) is 23.3 Å². The SMILES string of the molecule is CC1=CC(=O)C2(C)C1=CC(=O)C13COC4OC(CC1C4=O)C(O)C23. The highest BCUT2D eigenvalue weighted by molar-refractivity contribution is 6.11. The van der Waals surface area contributed by atoms with Gasteiger partial charge in [-0.15, -0.1) is 0 Å². The van der Waals surface area contributed by atoms with Crippen molar-refractivity contribution in [3.63, 3.8) is 0 Å². The maximum Gasteiger partial charge on any atom is 0.218 e. The van der Waals surface area contributed by atoms with Gasteiger partial charge in [-0.3, -0.25) is 14.4 Å². The van der Waals surface area contributed by atoms with E-state index >= 15 is 0 Å². The van der Waals surface area contributed by atoms with E-state index in [1.54, 1.807) is 13.8 Å². The van der Waals surface area contributed by atoms with Gasteiger partial charge >= 0.3 is 0 Å². The summed E-state index contributed by atoms with van der Waals surface area (Å²) in [6.45, 7) is 3.58. The van der Waals surface area contributed by atoms with Gasteiger partial charge in [0.2, 0.25) is 6.29 Å². The summed E-state index contributed by atoms with van der Waals surface area (Å²) >= 11 is 0. The summed E-state index contributed by atoms with van der Waals surface area (Å²) in [5.74, 6) is -1.85. The van der Waals surface area contributed by atoms with Gasteiger partial charge in [0.25, 0.3) is 0 Å². The summed E-state index contributed by atoms with van der Waals surface area (Å²) in [6, 6.07) is 0. The average molecular weight is 330 g/mol. The van der Waals surface area contributed by atoms with E-state index in [1.165, 1.54) is 12.2 Å². The fraction of sp³-hybridized carbons (Fsp3) is 0.611. The molecule has 3 aliphatic carbocycles. The fourth-order valence-electron chi connectivity index (χ4n) is 5.81. The number of ketones is 3. The molecule has 0 amide bonds. The van der Waals surface area contributed by atoms with E-state index in [2.05, 4.69) is 0 Å². The first-order valence-corrected chi connectivity index (χ1v) is 8.30. The van der Waals surface area contributed by atoms with E-state index in [-0.39, 0.29) is 24.0 Å². The molecule has 24 heavy (non-hydrogen) atoms. The van der Waals surface area contributed by atoms with Crippen molar-refractivity contribution in [1.82, 2.24) is 0 Å². The monoisotopic (exact) mass is 330 g/mol. The molecule has 6 nitrogen and oxygen atoms in total. The maximum atomic E-state index is 13.1. The molecule has 7 unspecified atom stereocenters. The number of ether oxygens (including phenoxy) is 2. The predicted molar refractivity (Wildman–Crippen MR) is 79.6 cm³/mol. The minimum Gasteiger partial charge on any atom is -0.390 e. The van der Waals surface area contributed by atoms with Crippen LogP contribution in [0.3, 0.4) is 0 Å². The number of rotatable bonds is 0. The van der Waals surface area contributed by atoms with Crippen LogP contribution in [0.5, 0.6) is 0 Å². The third-order valence-electron chi connectivity index (χ3n) is 6.91. The Morgan fingerprint density at radius 1 is 1.21 bits per heavy atom. The first-order valence-electron chi connectivity index (χ1n) is 8.30. The second-order valence-corrected chi connectivity index (χ2v) is 7.83. The van der Waals surface area contributed by atoms with Crippen LogP contribution in [-0.4, -0.2) is 47.6 Å². The Labute approximate surface area is 138 Å². The molecule has 5 aliphatic rings. The molecule has 1 saturated carbocycles.